The normalized spacial score (nSPS) is 20.4. The summed E-state index contributed by atoms with van der Waals surface area (Å²) < 4.78 is 12.5. The Bertz CT molecular complexity index is 921. The van der Waals surface area contributed by atoms with E-state index in [1.165, 1.54) is 0 Å². The molecule has 9 heteroatoms. The Hall–Kier alpha value is -2.43. The quantitative estimate of drug-likeness (QED) is 0.365. The fourth-order valence-corrected chi connectivity index (χ4v) is 4.28. The van der Waals surface area contributed by atoms with Crippen LogP contribution in [0.25, 0.3) is 0 Å². The largest absolute Gasteiger partial charge is 0.481 e. The van der Waals surface area contributed by atoms with Gasteiger partial charge in [0.25, 0.3) is 0 Å². The minimum atomic E-state index is -1.02. The molecule has 0 aromatic heterocycles. The molecular formula is C24H29NO7S. The third kappa shape index (κ3) is 7.83. The Kier molecular flexibility index (Phi) is 9.71. The van der Waals surface area contributed by atoms with Gasteiger partial charge in [-0.2, -0.15) is 11.8 Å². The van der Waals surface area contributed by atoms with E-state index < -0.39 is 12.3 Å². The molecule has 1 aliphatic rings. The predicted octanol–water partition coefficient (Wildman–Crippen LogP) is 3.25. The van der Waals surface area contributed by atoms with Gasteiger partial charge in [0.1, 0.15) is 0 Å². The van der Waals surface area contributed by atoms with Crippen LogP contribution in [0.3, 0.4) is 0 Å². The topological polar surface area (TPSA) is 125 Å². The molecule has 2 aromatic carbocycles. The zero-order valence-electron chi connectivity index (χ0n) is 18.2. The lowest BCUT2D eigenvalue weighted by atomic mass is 10.0. The number of nitrogens with one attached hydrogen (secondary N) is 1. The van der Waals surface area contributed by atoms with Crippen LogP contribution in [0, 0.1) is 0 Å². The van der Waals surface area contributed by atoms with Crippen molar-refractivity contribution in [2.75, 3.05) is 23.4 Å². The number of thioether (sulfide) groups is 1. The van der Waals surface area contributed by atoms with Crippen LogP contribution in [0.2, 0.25) is 0 Å². The molecule has 1 heterocycles. The van der Waals surface area contributed by atoms with Crippen molar-refractivity contribution in [3.05, 3.63) is 65.2 Å². The van der Waals surface area contributed by atoms with E-state index in [0.717, 1.165) is 16.7 Å². The molecule has 2 aromatic rings. The fourth-order valence-electron chi connectivity index (χ4n) is 3.51. The average molecular weight is 476 g/mol. The molecule has 0 saturated carbocycles. The summed E-state index contributed by atoms with van der Waals surface area (Å²) in [6, 6.07) is 14.7. The Morgan fingerprint density at radius 1 is 1.03 bits per heavy atom. The Labute approximate surface area is 196 Å². The minimum Gasteiger partial charge on any atom is -0.481 e. The third-order valence-corrected chi connectivity index (χ3v) is 6.24. The highest BCUT2D eigenvalue weighted by Crippen LogP contribution is 2.39. The Morgan fingerprint density at radius 2 is 1.82 bits per heavy atom. The number of benzene rings is 2. The summed E-state index contributed by atoms with van der Waals surface area (Å²) in [6.07, 6.45) is -0.659. The van der Waals surface area contributed by atoms with Gasteiger partial charge in [-0.15, -0.1) is 0 Å². The van der Waals surface area contributed by atoms with E-state index in [1.807, 2.05) is 30.3 Å². The van der Waals surface area contributed by atoms with Gasteiger partial charge < -0.3 is 30.1 Å². The lowest BCUT2D eigenvalue weighted by Gasteiger charge is -2.36. The van der Waals surface area contributed by atoms with Crippen LogP contribution < -0.4 is 5.32 Å². The Balaban J connectivity index is 1.74. The zero-order valence-corrected chi connectivity index (χ0v) is 19.0. The first-order valence-corrected chi connectivity index (χ1v) is 11.9. The fraction of sp³-hybridized carbons (Fsp3) is 0.417. The van der Waals surface area contributed by atoms with Crippen molar-refractivity contribution in [1.29, 1.82) is 0 Å². The molecule has 3 atom stereocenters. The summed E-state index contributed by atoms with van der Waals surface area (Å²) in [4.78, 5) is 22.7. The SMILES string of the molecule is O=C(O)CCC(=O)Nc1cccc(C2OC(CSCCO)CC(c3ccc(CO)cc3)O2)c1. The summed E-state index contributed by atoms with van der Waals surface area (Å²) in [6.45, 7) is 0.0793. The van der Waals surface area contributed by atoms with E-state index in [-0.39, 0.29) is 44.2 Å². The number of carboxylic acids is 1. The number of anilines is 1. The smallest absolute Gasteiger partial charge is 0.303 e. The van der Waals surface area contributed by atoms with E-state index >= 15 is 0 Å². The molecule has 0 radical (unpaired) electrons. The molecule has 4 N–H and O–H groups in total. The molecule has 1 amide bonds. The van der Waals surface area contributed by atoms with E-state index in [0.29, 0.717) is 23.6 Å². The summed E-state index contributed by atoms with van der Waals surface area (Å²) in [5.41, 5.74) is 3.08. The van der Waals surface area contributed by atoms with Crippen LogP contribution in [0.15, 0.2) is 48.5 Å². The first kappa shape index (κ1) is 25.2. The summed E-state index contributed by atoms with van der Waals surface area (Å²) >= 11 is 1.61. The second-order valence-electron chi connectivity index (χ2n) is 7.72. The highest BCUT2D eigenvalue weighted by Gasteiger charge is 2.32. The van der Waals surface area contributed by atoms with Crippen molar-refractivity contribution in [2.24, 2.45) is 0 Å². The van der Waals surface area contributed by atoms with Gasteiger partial charge in [0, 0.05) is 35.6 Å². The van der Waals surface area contributed by atoms with Gasteiger partial charge >= 0.3 is 5.97 Å². The molecule has 3 rings (SSSR count). The number of carbonyl (C=O) groups excluding carboxylic acids is 1. The lowest BCUT2D eigenvalue weighted by Crippen LogP contribution is -2.31. The van der Waals surface area contributed by atoms with Gasteiger partial charge in [0.2, 0.25) is 5.91 Å². The third-order valence-electron chi connectivity index (χ3n) is 5.16. The number of hydrogen-bond donors (Lipinski definition) is 4. The second-order valence-corrected chi connectivity index (χ2v) is 8.87. The van der Waals surface area contributed by atoms with Crippen LogP contribution in [-0.4, -0.2) is 51.4 Å². The molecule has 0 aliphatic carbocycles. The summed E-state index contributed by atoms with van der Waals surface area (Å²) in [5, 5.41) is 29.9. The average Bonchev–Trinajstić information content (AvgIpc) is 2.83. The van der Waals surface area contributed by atoms with Crippen LogP contribution in [0.4, 0.5) is 5.69 Å². The first-order valence-electron chi connectivity index (χ1n) is 10.8. The molecule has 3 unspecified atom stereocenters. The highest BCUT2D eigenvalue weighted by molar-refractivity contribution is 7.99. The van der Waals surface area contributed by atoms with Crippen LogP contribution in [-0.2, 0) is 25.7 Å². The van der Waals surface area contributed by atoms with Crippen molar-refractivity contribution >= 4 is 29.3 Å². The van der Waals surface area contributed by atoms with Crippen molar-refractivity contribution in [3.63, 3.8) is 0 Å². The second kappa shape index (κ2) is 12.7. The number of ether oxygens (including phenoxy) is 2. The number of amides is 1. The number of carboxylic acid groups (broad SMARTS) is 1. The van der Waals surface area contributed by atoms with Crippen molar-refractivity contribution < 1.29 is 34.4 Å². The molecule has 1 aliphatic heterocycles. The minimum absolute atomic E-state index is 0.0249. The first-order chi connectivity index (χ1) is 16.0. The number of rotatable bonds is 11. The molecule has 0 spiro atoms. The molecule has 1 fully saturated rings. The van der Waals surface area contributed by atoms with Gasteiger partial charge in [-0.25, -0.2) is 0 Å². The number of aliphatic hydroxyl groups is 2. The lowest BCUT2D eigenvalue weighted by molar-refractivity contribution is -0.245. The molecule has 0 bridgehead atoms. The summed E-state index contributed by atoms with van der Waals surface area (Å²) in [7, 11) is 0. The van der Waals surface area contributed by atoms with Crippen molar-refractivity contribution in [1.82, 2.24) is 0 Å². The van der Waals surface area contributed by atoms with E-state index in [2.05, 4.69) is 5.32 Å². The van der Waals surface area contributed by atoms with Crippen molar-refractivity contribution in [3.8, 4) is 0 Å². The molecule has 33 heavy (non-hydrogen) atoms. The van der Waals surface area contributed by atoms with E-state index in [9.17, 15) is 14.7 Å². The monoisotopic (exact) mass is 475 g/mol. The van der Waals surface area contributed by atoms with Gasteiger partial charge in [-0.1, -0.05) is 36.4 Å². The van der Waals surface area contributed by atoms with Gasteiger partial charge in [0.15, 0.2) is 6.29 Å². The molecule has 8 nitrogen and oxygen atoms in total. The van der Waals surface area contributed by atoms with Gasteiger partial charge in [-0.05, 0) is 23.3 Å². The van der Waals surface area contributed by atoms with Crippen LogP contribution in [0.1, 0.15) is 48.3 Å². The maximum absolute atomic E-state index is 12.0. The number of hydrogen-bond acceptors (Lipinski definition) is 7. The summed E-state index contributed by atoms with van der Waals surface area (Å²) in [5.74, 6) is -0.0673. The highest BCUT2D eigenvalue weighted by atomic mass is 32.2. The van der Waals surface area contributed by atoms with Gasteiger partial charge in [-0.3, -0.25) is 9.59 Å². The number of aliphatic hydroxyl groups excluding tert-OH is 2. The van der Waals surface area contributed by atoms with E-state index in [4.69, 9.17) is 19.7 Å². The predicted molar refractivity (Wildman–Crippen MR) is 125 cm³/mol. The van der Waals surface area contributed by atoms with E-state index in [1.54, 1.807) is 30.0 Å². The number of carbonyl (C=O) groups is 2. The zero-order chi connectivity index (χ0) is 23.6. The molecule has 1 saturated heterocycles. The maximum Gasteiger partial charge on any atom is 0.303 e. The standard InChI is InChI=1S/C24H29NO7S/c26-10-11-33-15-20-13-21(17-6-4-16(14-27)5-7-17)32-24(31-20)18-2-1-3-19(12-18)25-22(28)8-9-23(29)30/h1-7,12,20-21,24,26-27H,8-11,13-15H2,(H,25,28)(H,29,30). The Morgan fingerprint density at radius 3 is 2.52 bits per heavy atom. The van der Waals surface area contributed by atoms with Gasteiger partial charge in [0.05, 0.1) is 31.8 Å². The van der Waals surface area contributed by atoms with Crippen molar-refractivity contribution in [2.45, 2.75) is 44.4 Å². The number of aliphatic carboxylic acids is 1. The molecular weight excluding hydrogens is 446 g/mol. The van der Waals surface area contributed by atoms with Crippen LogP contribution >= 0.6 is 11.8 Å². The van der Waals surface area contributed by atoms with Crippen LogP contribution in [0.5, 0.6) is 0 Å². The maximum atomic E-state index is 12.0. The molecule has 178 valence electrons.